The van der Waals surface area contributed by atoms with Gasteiger partial charge in [-0.3, -0.25) is 9.10 Å². The number of hydrogen-bond acceptors (Lipinski definition) is 4. The maximum Gasteiger partial charge on any atom is 0.244 e. The van der Waals surface area contributed by atoms with Gasteiger partial charge < -0.3 is 10.1 Å². The monoisotopic (exact) mass is 436 g/mol. The number of benzene rings is 2. The van der Waals surface area contributed by atoms with Crippen molar-refractivity contribution >= 4 is 21.6 Å². The number of hydrogen-bond donors (Lipinski definition) is 1. The molecule has 0 aliphatic rings. The van der Waals surface area contributed by atoms with Crippen molar-refractivity contribution in [2.24, 2.45) is 5.92 Å². The van der Waals surface area contributed by atoms with Gasteiger partial charge in [-0.25, -0.2) is 12.8 Å². The van der Waals surface area contributed by atoms with Crippen LogP contribution in [0.3, 0.4) is 0 Å². The number of carbonyl (C=O) groups excluding carboxylic acids is 1. The molecule has 0 aliphatic heterocycles. The van der Waals surface area contributed by atoms with Crippen LogP contribution in [0.2, 0.25) is 0 Å². The Morgan fingerprint density at radius 1 is 1.13 bits per heavy atom. The van der Waals surface area contributed by atoms with E-state index in [0.29, 0.717) is 18.1 Å². The molecule has 0 fully saturated rings. The van der Waals surface area contributed by atoms with Gasteiger partial charge in [0.05, 0.1) is 25.1 Å². The number of methoxy groups -OCH3 is 1. The minimum absolute atomic E-state index is 0.102. The van der Waals surface area contributed by atoms with E-state index in [9.17, 15) is 17.6 Å². The van der Waals surface area contributed by atoms with Crippen LogP contribution in [0.1, 0.15) is 38.8 Å². The molecule has 0 aromatic heterocycles. The molecule has 0 radical (unpaired) electrons. The largest absolute Gasteiger partial charge is 0.497 e. The molecule has 2 aromatic carbocycles. The quantitative estimate of drug-likeness (QED) is 0.647. The maximum absolute atomic E-state index is 13.7. The zero-order chi connectivity index (χ0) is 22.5. The summed E-state index contributed by atoms with van der Waals surface area (Å²) in [5.74, 6) is -0.0473. The lowest BCUT2D eigenvalue weighted by molar-refractivity contribution is -0.122. The molecule has 0 aliphatic carbocycles. The number of nitrogens with zero attached hydrogens (tertiary/aromatic N) is 1. The first kappa shape index (κ1) is 23.7. The van der Waals surface area contributed by atoms with Crippen LogP contribution < -0.4 is 14.4 Å². The standard InChI is InChI=1S/C22H29FN2O4S/c1-15(2)13-21(17-9-11-20(29-4)12-10-17)24-22(26)16(3)25(30(5,27)28)19-8-6-7-18(23)14-19/h6-12,14-16,21H,13H2,1-5H3,(H,24,26)/t16-,21-/m1/s1. The van der Waals surface area contributed by atoms with Gasteiger partial charge in [-0.2, -0.15) is 0 Å². The highest BCUT2D eigenvalue weighted by atomic mass is 32.2. The van der Waals surface area contributed by atoms with Crippen LogP contribution in [-0.2, 0) is 14.8 Å². The van der Waals surface area contributed by atoms with Crippen LogP contribution in [0.25, 0.3) is 0 Å². The third-order valence-corrected chi connectivity index (χ3v) is 5.93. The van der Waals surface area contributed by atoms with E-state index in [1.807, 2.05) is 38.1 Å². The number of anilines is 1. The summed E-state index contributed by atoms with van der Waals surface area (Å²) < 4.78 is 44.6. The Morgan fingerprint density at radius 3 is 2.27 bits per heavy atom. The minimum atomic E-state index is -3.82. The Morgan fingerprint density at radius 2 is 1.77 bits per heavy atom. The summed E-state index contributed by atoms with van der Waals surface area (Å²) in [7, 11) is -2.24. The number of sulfonamides is 1. The molecule has 8 heteroatoms. The van der Waals surface area contributed by atoms with E-state index in [0.717, 1.165) is 22.2 Å². The highest BCUT2D eigenvalue weighted by Gasteiger charge is 2.31. The lowest BCUT2D eigenvalue weighted by atomic mass is 9.96. The molecule has 0 spiro atoms. The van der Waals surface area contributed by atoms with E-state index in [1.165, 1.54) is 25.1 Å². The fraction of sp³-hybridized carbons (Fsp3) is 0.409. The average Bonchev–Trinajstić information content (AvgIpc) is 2.66. The minimum Gasteiger partial charge on any atom is -0.497 e. The molecule has 1 N–H and O–H groups in total. The number of halogens is 1. The third-order valence-electron chi connectivity index (χ3n) is 4.69. The van der Waals surface area contributed by atoms with Gasteiger partial charge in [0.2, 0.25) is 15.9 Å². The number of carbonyl (C=O) groups is 1. The van der Waals surface area contributed by atoms with Crippen LogP contribution in [0.15, 0.2) is 48.5 Å². The van der Waals surface area contributed by atoms with Crippen LogP contribution in [0.4, 0.5) is 10.1 Å². The first-order chi connectivity index (χ1) is 14.0. The molecule has 30 heavy (non-hydrogen) atoms. The Kier molecular flexibility index (Phi) is 7.83. The lowest BCUT2D eigenvalue weighted by Gasteiger charge is -2.30. The predicted molar refractivity (Wildman–Crippen MR) is 117 cm³/mol. The second kappa shape index (κ2) is 9.93. The van der Waals surface area contributed by atoms with Crippen molar-refractivity contribution in [2.75, 3.05) is 17.7 Å². The second-order valence-electron chi connectivity index (χ2n) is 7.68. The summed E-state index contributed by atoms with van der Waals surface area (Å²) >= 11 is 0. The highest BCUT2D eigenvalue weighted by Crippen LogP contribution is 2.26. The van der Waals surface area contributed by atoms with Crippen molar-refractivity contribution in [3.63, 3.8) is 0 Å². The number of nitrogens with one attached hydrogen (secondary N) is 1. The van der Waals surface area contributed by atoms with Gasteiger partial charge in [-0.05, 0) is 55.2 Å². The van der Waals surface area contributed by atoms with Crippen molar-refractivity contribution in [1.82, 2.24) is 5.32 Å². The summed E-state index contributed by atoms with van der Waals surface area (Å²) in [4.78, 5) is 13.0. The highest BCUT2D eigenvalue weighted by molar-refractivity contribution is 7.92. The number of amides is 1. The van der Waals surface area contributed by atoms with E-state index in [4.69, 9.17) is 4.74 Å². The average molecular weight is 437 g/mol. The number of rotatable bonds is 9. The third kappa shape index (κ3) is 6.19. The number of ether oxygens (including phenoxy) is 1. The topological polar surface area (TPSA) is 75.7 Å². The Hall–Kier alpha value is -2.61. The van der Waals surface area contributed by atoms with Crippen LogP contribution in [0, 0.1) is 11.7 Å². The molecule has 0 unspecified atom stereocenters. The first-order valence-electron chi connectivity index (χ1n) is 9.72. The fourth-order valence-electron chi connectivity index (χ4n) is 3.30. The van der Waals surface area contributed by atoms with Crippen LogP contribution in [0.5, 0.6) is 5.75 Å². The molecular formula is C22H29FN2O4S. The van der Waals surface area contributed by atoms with E-state index < -0.39 is 27.8 Å². The van der Waals surface area contributed by atoms with E-state index in [1.54, 1.807) is 7.11 Å². The van der Waals surface area contributed by atoms with E-state index in [-0.39, 0.29) is 11.7 Å². The summed E-state index contributed by atoms with van der Waals surface area (Å²) in [6.07, 6.45) is 1.67. The van der Waals surface area contributed by atoms with Gasteiger partial charge in [0.1, 0.15) is 17.6 Å². The van der Waals surface area contributed by atoms with Crippen molar-refractivity contribution in [1.29, 1.82) is 0 Å². The SMILES string of the molecule is COc1ccc([C@@H](CC(C)C)NC(=O)[C@@H](C)N(c2cccc(F)c2)S(C)(=O)=O)cc1. The van der Waals surface area contributed by atoms with E-state index >= 15 is 0 Å². The zero-order valence-electron chi connectivity index (χ0n) is 17.9. The summed E-state index contributed by atoms with van der Waals surface area (Å²) in [6, 6.07) is 11.2. The molecule has 6 nitrogen and oxygen atoms in total. The van der Waals surface area contributed by atoms with Gasteiger partial charge in [-0.15, -0.1) is 0 Å². The molecule has 1 amide bonds. The van der Waals surface area contributed by atoms with Crippen molar-refractivity contribution < 1.29 is 22.3 Å². The van der Waals surface area contributed by atoms with E-state index in [2.05, 4.69) is 5.32 Å². The molecule has 2 rings (SSSR count). The Balaban J connectivity index is 2.31. The summed E-state index contributed by atoms with van der Waals surface area (Å²) in [5.41, 5.74) is 0.992. The molecule has 0 bridgehead atoms. The van der Waals surface area contributed by atoms with Crippen LogP contribution >= 0.6 is 0 Å². The predicted octanol–water partition coefficient (Wildman–Crippen LogP) is 3.89. The summed E-state index contributed by atoms with van der Waals surface area (Å²) in [6.45, 7) is 5.57. The first-order valence-corrected chi connectivity index (χ1v) is 11.6. The summed E-state index contributed by atoms with van der Waals surface area (Å²) in [5, 5.41) is 2.96. The van der Waals surface area contributed by atoms with Crippen LogP contribution in [-0.4, -0.2) is 33.7 Å². The lowest BCUT2D eigenvalue weighted by Crippen LogP contribution is -2.48. The second-order valence-corrected chi connectivity index (χ2v) is 9.54. The van der Waals surface area contributed by atoms with Crippen molar-refractivity contribution in [3.05, 3.63) is 59.9 Å². The molecular weight excluding hydrogens is 407 g/mol. The van der Waals surface area contributed by atoms with Crippen molar-refractivity contribution in [3.8, 4) is 5.75 Å². The molecule has 2 atom stereocenters. The van der Waals surface area contributed by atoms with Gasteiger partial charge in [0, 0.05) is 0 Å². The normalized spacial score (nSPS) is 13.6. The molecule has 164 valence electrons. The van der Waals surface area contributed by atoms with Gasteiger partial charge in [0.25, 0.3) is 0 Å². The fourth-order valence-corrected chi connectivity index (χ4v) is 4.47. The smallest absolute Gasteiger partial charge is 0.244 e. The molecule has 0 saturated heterocycles. The van der Waals surface area contributed by atoms with Gasteiger partial charge in [-0.1, -0.05) is 32.0 Å². The molecule has 0 heterocycles. The Bertz CT molecular complexity index is 961. The molecule has 0 saturated carbocycles. The maximum atomic E-state index is 13.7. The zero-order valence-corrected chi connectivity index (χ0v) is 18.7. The van der Waals surface area contributed by atoms with Gasteiger partial charge in [0.15, 0.2) is 0 Å². The van der Waals surface area contributed by atoms with Crippen molar-refractivity contribution in [2.45, 2.75) is 39.3 Å². The molecule has 2 aromatic rings. The van der Waals surface area contributed by atoms with Gasteiger partial charge >= 0.3 is 0 Å². The Labute approximate surface area is 178 Å².